The molecule has 1 atom stereocenters. The van der Waals surface area contributed by atoms with Crippen LogP contribution in [0.1, 0.15) is 36.6 Å². The van der Waals surface area contributed by atoms with E-state index in [1.54, 1.807) is 17.2 Å². The smallest absolute Gasteiger partial charge is 0.163 e. The fraction of sp³-hybridized carbons (Fsp3) is 0.438. The molecule has 0 saturated carbocycles. The number of nitriles is 1. The van der Waals surface area contributed by atoms with Crippen molar-refractivity contribution in [1.82, 2.24) is 29.5 Å². The predicted molar refractivity (Wildman–Crippen MR) is 88.1 cm³/mol. The maximum atomic E-state index is 8.76. The second-order valence-electron chi connectivity index (χ2n) is 5.99. The zero-order valence-electron chi connectivity index (χ0n) is 13.5. The molecule has 3 heterocycles. The Labute approximate surface area is 139 Å². The Kier molecular flexibility index (Phi) is 3.61. The molecular formula is C16H18N8. The summed E-state index contributed by atoms with van der Waals surface area (Å²) in [6.07, 6.45) is 8.90. The summed E-state index contributed by atoms with van der Waals surface area (Å²) in [7, 11) is 1.99. The second kappa shape index (κ2) is 5.92. The summed E-state index contributed by atoms with van der Waals surface area (Å²) in [5, 5.41) is 21.9. The van der Waals surface area contributed by atoms with Crippen molar-refractivity contribution in [3.63, 3.8) is 0 Å². The second-order valence-corrected chi connectivity index (χ2v) is 5.99. The van der Waals surface area contributed by atoms with Gasteiger partial charge in [0.25, 0.3) is 0 Å². The summed E-state index contributed by atoms with van der Waals surface area (Å²) in [6.45, 7) is 0.534. The lowest BCUT2D eigenvalue weighted by atomic mass is 9.93. The zero-order valence-corrected chi connectivity index (χ0v) is 13.5. The molecule has 0 aromatic carbocycles. The third-order valence-electron chi connectivity index (χ3n) is 4.56. The van der Waals surface area contributed by atoms with Crippen molar-refractivity contribution in [1.29, 1.82) is 5.26 Å². The van der Waals surface area contributed by atoms with Crippen LogP contribution in [0.4, 0.5) is 5.82 Å². The lowest BCUT2D eigenvalue weighted by Gasteiger charge is -2.24. The van der Waals surface area contributed by atoms with E-state index in [9.17, 15) is 0 Å². The van der Waals surface area contributed by atoms with Gasteiger partial charge in [0.1, 0.15) is 12.1 Å². The predicted octanol–water partition coefficient (Wildman–Crippen LogP) is 1.96. The lowest BCUT2D eigenvalue weighted by molar-refractivity contribution is 0.570. The zero-order chi connectivity index (χ0) is 16.5. The molecule has 0 bridgehead atoms. The molecule has 0 amide bonds. The van der Waals surface area contributed by atoms with Gasteiger partial charge in [-0.25, -0.2) is 14.6 Å². The largest absolute Gasteiger partial charge is 0.362 e. The van der Waals surface area contributed by atoms with Crippen molar-refractivity contribution in [2.45, 2.75) is 38.3 Å². The van der Waals surface area contributed by atoms with Crippen molar-refractivity contribution in [3.05, 3.63) is 30.0 Å². The fourth-order valence-electron chi connectivity index (χ4n) is 3.35. The first-order valence-electron chi connectivity index (χ1n) is 8.08. The third-order valence-corrected chi connectivity index (χ3v) is 4.56. The quantitative estimate of drug-likeness (QED) is 0.788. The Morgan fingerprint density at radius 2 is 2.25 bits per heavy atom. The molecule has 8 heteroatoms. The van der Waals surface area contributed by atoms with Crippen LogP contribution in [0.15, 0.2) is 18.7 Å². The van der Waals surface area contributed by atoms with Crippen molar-refractivity contribution < 1.29 is 0 Å². The Morgan fingerprint density at radius 3 is 3.12 bits per heavy atom. The van der Waals surface area contributed by atoms with Gasteiger partial charge in [0.05, 0.1) is 42.9 Å². The summed E-state index contributed by atoms with van der Waals surface area (Å²) in [4.78, 5) is 8.73. The van der Waals surface area contributed by atoms with Gasteiger partial charge in [-0.2, -0.15) is 15.5 Å². The molecule has 1 aliphatic rings. The number of nitrogens with zero attached hydrogens (tertiary/aromatic N) is 7. The van der Waals surface area contributed by atoms with Gasteiger partial charge >= 0.3 is 0 Å². The van der Waals surface area contributed by atoms with E-state index in [4.69, 9.17) is 5.26 Å². The van der Waals surface area contributed by atoms with E-state index < -0.39 is 0 Å². The van der Waals surface area contributed by atoms with Crippen LogP contribution in [-0.4, -0.2) is 29.5 Å². The Morgan fingerprint density at radius 1 is 1.33 bits per heavy atom. The minimum absolute atomic E-state index is 0.197. The minimum atomic E-state index is 0.197. The number of aryl methyl sites for hydroxylation is 2. The highest BCUT2D eigenvalue weighted by Gasteiger charge is 2.24. The van der Waals surface area contributed by atoms with Gasteiger partial charge in [0.2, 0.25) is 0 Å². The Hall–Kier alpha value is -2.95. The van der Waals surface area contributed by atoms with Crippen molar-refractivity contribution in [2.75, 3.05) is 5.32 Å². The Bertz CT molecular complexity index is 916. The maximum absolute atomic E-state index is 8.76. The summed E-state index contributed by atoms with van der Waals surface area (Å²) in [5.41, 5.74) is 3.28. The SMILES string of the molecule is Cn1ncc2c1CCC[C@@H]2Nc1ncnc2c1cnn2CCC#N. The number of anilines is 1. The highest BCUT2D eigenvalue weighted by molar-refractivity contribution is 5.86. The molecule has 0 unspecified atom stereocenters. The van der Waals surface area contributed by atoms with Crippen LogP contribution in [0.3, 0.4) is 0 Å². The van der Waals surface area contributed by atoms with E-state index in [1.165, 1.54) is 11.3 Å². The topological polar surface area (TPSA) is 97.2 Å². The van der Waals surface area contributed by atoms with Crippen LogP contribution in [0.2, 0.25) is 0 Å². The minimum Gasteiger partial charge on any atom is -0.362 e. The van der Waals surface area contributed by atoms with Crippen LogP contribution in [0.5, 0.6) is 0 Å². The standard InChI is InChI=1S/C16H18N8/c1-23-14-5-2-4-13(11(14)8-20-23)22-15-12-9-21-24(7-3-6-17)16(12)19-10-18-15/h8-10,13H,2-5,7H2,1H3,(H,18,19,22)/t13-/m0/s1. The van der Waals surface area contributed by atoms with Gasteiger partial charge in [0, 0.05) is 18.3 Å². The monoisotopic (exact) mass is 322 g/mol. The van der Waals surface area contributed by atoms with Crippen LogP contribution >= 0.6 is 0 Å². The van der Waals surface area contributed by atoms with E-state index in [1.807, 2.05) is 17.9 Å². The van der Waals surface area contributed by atoms with Crippen LogP contribution < -0.4 is 5.32 Å². The number of hydrogen-bond acceptors (Lipinski definition) is 6. The molecule has 0 fully saturated rings. The first-order chi connectivity index (χ1) is 11.8. The molecule has 0 spiro atoms. The first kappa shape index (κ1) is 14.6. The van der Waals surface area contributed by atoms with Gasteiger partial charge < -0.3 is 5.32 Å². The number of hydrogen-bond donors (Lipinski definition) is 1. The molecule has 0 saturated heterocycles. The number of rotatable bonds is 4. The molecule has 3 aromatic rings. The molecule has 0 radical (unpaired) electrons. The molecule has 4 rings (SSSR count). The molecule has 1 N–H and O–H groups in total. The summed E-state index contributed by atoms with van der Waals surface area (Å²) in [5.74, 6) is 0.782. The van der Waals surface area contributed by atoms with Gasteiger partial charge in [-0.1, -0.05) is 0 Å². The van der Waals surface area contributed by atoms with Crippen LogP contribution in [-0.2, 0) is 20.0 Å². The molecule has 122 valence electrons. The van der Waals surface area contributed by atoms with Crippen LogP contribution in [0, 0.1) is 11.3 Å². The summed E-state index contributed by atoms with van der Waals surface area (Å²) < 4.78 is 3.71. The van der Waals surface area contributed by atoms with Crippen molar-refractivity contribution in [2.24, 2.45) is 7.05 Å². The third kappa shape index (κ3) is 2.38. The van der Waals surface area contributed by atoms with E-state index in [2.05, 4.69) is 31.6 Å². The van der Waals surface area contributed by atoms with Gasteiger partial charge in [-0.3, -0.25) is 4.68 Å². The molecule has 24 heavy (non-hydrogen) atoms. The van der Waals surface area contributed by atoms with Crippen molar-refractivity contribution >= 4 is 16.9 Å². The normalized spacial score (nSPS) is 16.8. The number of nitrogens with one attached hydrogen (secondary N) is 1. The highest BCUT2D eigenvalue weighted by Crippen LogP contribution is 2.33. The van der Waals surface area contributed by atoms with Crippen molar-refractivity contribution in [3.8, 4) is 6.07 Å². The maximum Gasteiger partial charge on any atom is 0.163 e. The number of aromatic nitrogens is 6. The molecule has 0 aliphatic heterocycles. The molecule has 1 aliphatic carbocycles. The summed E-state index contributed by atoms with van der Waals surface area (Å²) in [6, 6.07) is 2.33. The van der Waals surface area contributed by atoms with Gasteiger partial charge in [-0.15, -0.1) is 0 Å². The highest BCUT2D eigenvalue weighted by atomic mass is 15.3. The fourth-order valence-corrected chi connectivity index (χ4v) is 3.35. The lowest BCUT2D eigenvalue weighted by Crippen LogP contribution is -2.18. The first-order valence-corrected chi connectivity index (χ1v) is 8.08. The average Bonchev–Trinajstić information content (AvgIpc) is 3.19. The number of fused-ring (bicyclic) bond motifs is 2. The van der Waals surface area contributed by atoms with E-state index in [0.29, 0.717) is 13.0 Å². The molecular weight excluding hydrogens is 304 g/mol. The van der Waals surface area contributed by atoms with Gasteiger partial charge in [-0.05, 0) is 19.3 Å². The molecule has 3 aromatic heterocycles. The van der Waals surface area contributed by atoms with E-state index in [0.717, 1.165) is 36.1 Å². The van der Waals surface area contributed by atoms with E-state index >= 15 is 0 Å². The van der Waals surface area contributed by atoms with Crippen LogP contribution in [0.25, 0.3) is 11.0 Å². The van der Waals surface area contributed by atoms with E-state index in [-0.39, 0.29) is 6.04 Å². The Balaban J connectivity index is 1.66. The summed E-state index contributed by atoms with van der Waals surface area (Å²) >= 11 is 0. The average molecular weight is 322 g/mol. The van der Waals surface area contributed by atoms with Gasteiger partial charge in [0.15, 0.2) is 5.65 Å². The molecule has 8 nitrogen and oxygen atoms in total.